The predicted molar refractivity (Wildman–Crippen MR) is 71.6 cm³/mol. The average molecular weight is 284 g/mol. The minimum absolute atomic E-state index is 0.114. The van der Waals surface area contributed by atoms with Gasteiger partial charge in [-0.15, -0.1) is 10.2 Å². The van der Waals surface area contributed by atoms with Gasteiger partial charge in [-0.3, -0.25) is 9.48 Å². The van der Waals surface area contributed by atoms with Gasteiger partial charge in [0.2, 0.25) is 11.0 Å². The molecule has 0 atom stereocenters. The van der Waals surface area contributed by atoms with Crippen molar-refractivity contribution in [3.63, 3.8) is 0 Å². The van der Waals surface area contributed by atoms with E-state index in [1.165, 1.54) is 23.1 Å². The molecule has 2 aromatic rings. The third kappa shape index (κ3) is 3.20. The molecule has 1 amide bonds. The standard InChI is InChI=1S/C9H12N6OS2/c1-5-3-6(15(2)14-5)11-7(16)4-17-9-13-12-8(10)18-9/h3H,4H2,1-2H3,(H2,10,12)(H,11,16). The number of amides is 1. The lowest BCUT2D eigenvalue weighted by molar-refractivity contribution is -0.113. The fraction of sp³-hybridized carbons (Fsp3) is 0.333. The van der Waals surface area contributed by atoms with Gasteiger partial charge in [-0.1, -0.05) is 23.1 Å². The van der Waals surface area contributed by atoms with Crippen LogP contribution >= 0.6 is 23.1 Å². The monoisotopic (exact) mass is 284 g/mol. The smallest absolute Gasteiger partial charge is 0.235 e. The summed E-state index contributed by atoms with van der Waals surface area (Å²) in [5.74, 6) is 0.824. The lowest BCUT2D eigenvalue weighted by Gasteiger charge is -2.03. The highest BCUT2D eigenvalue weighted by molar-refractivity contribution is 8.01. The van der Waals surface area contributed by atoms with E-state index in [4.69, 9.17) is 5.73 Å². The summed E-state index contributed by atoms with van der Waals surface area (Å²) in [5, 5.41) is 14.8. The Labute approximate surface area is 112 Å². The van der Waals surface area contributed by atoms with Gasteiger partial charge >= 0.3 is 0 Å². The van der Waals surface area contributed by atoms with Gasteiger partial charge in [-0.05, 0) is 6.92 Å². The molecule has 0 aromatic carbocycles. The fourth-order valence-electron chi connectivity index (χ4n) is 1.31. The van der Waals surface area contributed by atoms with Crippen LogP contribution in [0.3, 0.4) is 0 Å². The van der Waals surface area contributed by atoms with Crippen molar-refractivity contribution in [1.82, 2.24) is 20.0 Å². The number of nitrogens with one attached hydrogen (secondary N) is 1. The lowest BCUT2D eigenvalue weighted by atomic mass is 10.4. The Kier molecular flexibility index (Phi) is 3.82. The minimum Gasteiger partial charge on any atom is -0.374 e. The molecule has 96 valence electrons. The molecule has 2 aromatic heterocycles. The van der Waals surface area contributed by atoms with E-state index < -0.39 is 0 Å². The van der Waals surface area contributed by atoms with Crippen molar-refractivity contribution in [3.8, 4) is 0 Å². The molecule has 2 heterocycles. The van der Waals surface area contributed by atoms with Gasteiger partial charge in [0.15, 0.2) is 4.34 Å². The van der Waals surface area contributed by atoms with Crippen molar-refractivity contribution in [3.05, 3.63) is 11.8 Å². The molecule has 0 saturated heterocycles. The Morgan fingerprint density at radius 2 is 2.39 bits per heavy atom. The summed E-state index contributed by atoms with van der Waals surface area (Å²) < 4.78 is 2.31. The molecule has 3 N–H and O–H groups in total. The van der Waals surface area contributed by atoms with Crippen LogP contribution in [0.25, 0.3) is 0 Å². The number of nitrogens with zero attached hydrogens (tertiary/aromatic N) is 4. The van der Waals surface area contributed by atoms with E-state index in [1.807, 2.05) is 13.0 Å². The van der Waals surface area contributed by atoms with Gasteiger partial charge < -0.3 is 11.1 Å². The average Bonchev–Trinajstić information content (AvgIpc) is 2.83. The number of thioether (sulfide) groups is 1. The van der Waals surface area contributed by atoms with Crippen molar-refractivity contribution in [2.75, 3.05) is 16.8 Å². The Bertz CT molecular complexity index is 563. The summed E-state index contributed by atoms with van der Waals surface area (Å²) in [6.07, 6.45) is 0. The molecule has 0 spiro atoms. The number of hydrogen-bond donors (Lipinski definition) is 2. The van der Waals surface area contributed by atoms with Gasteiger partial charge in [-0.2, -0.15) is 5.10 Å². The van der Waals surface area contributed by atoms with E-state index in [1.54, 1.807) is 11.7 Å². The first-order chi connectivity index (χ1) is 8.54. The maximum Gasteiger partial charge on any atom is 0.235 e. The first-order valence-corrected chi connectivity index (χ1v) is 6.87. The molecule has 0 fully saturated rings. The van der Waals surface area contributed by atoms with Crippen LogP contribution in [0.2, 0.25) is 0 Å². The predicted octanol–water partition coefficient (Wildman–Crippen LogP) is 0.893. The first kappa shape index (κ1) is 12.8. The van der Waals surface area contributed by atoms with Crippen molar-refractivity contribution in [2.45, 2.75) is 11.3 Å². The van der Waals surface area contributed by atoms with E-state index in [2.05, 4.69) is 20.6 Å². The molecule has 7 nitrogen and oxygen atoms in total. The van der Waals surface area contributed by atoms with E-state index in [9.17, 15) is 4.79 Å². The Hall–Kier alpha value is -1.61. The zero-order valence-electron chi connectivity index (χ0n) is 9.88. The molecule has 2 rings (SSSR count). The van der Waals surface area contributed by atoms with E-state index in [0.29, 0.717) is 15.3 Å². The van der Waals surface area contributed by atoms with Crippen LogP contribution in [0, 0.1) is 6.92 Å². The van der Waals surface area contributed by atoms with Gasteiger partial charge in [0, 0.05) is 13.1 Å². The van der Waals surface area contributed by atoms with Gasteiger partial charge in [-0.25, -0.2) is 0 Å². The maximum absolute atomic E-state index is 11.7. The Morgan fingerprint density at radius 3 is 2.94 bits per heavy atom. The van der Waals surface area contributed by atoms with Crippen molar-refractivity contribution in [1.29, 1.82) is 0 Å². The quantitative estimate of drug-likeness (QED) is 0.809. The number of anilines is 2. The van der Waals surface area contributed by atoms with Crippen LogP contribution < -0.4 is 11.1 Å². The summed E-state index contributed by atoms with van der Waals surface area (Å²) in [7, 11) is 1.78. The number of carbonyl (C=O) groups excluding carboxylic acids is 1. The Balaban J connectivity index is 1.87. The number of rotatable bonds is 4. The van der Waals surface area contributed by atoms with Crippen LogP contribution in [0.1, 0.15) is 5.69 Å². The normalized spacial score (nSPS) is 10.6. The molecule has 0 radical (unpaired) electrons. The number of nitrogen functional groups attached to an aromatic ring is 1. The van der Waals surface area contributed by atoms with Crippen LogP contribution in [0.4, 0.5) is 10.9 Å². The number of carbonyl (C=O) groups is 1. The lowest BCUT2D eigenvalue weighted by Crippen LogP contribution is -2.16. The van der Waals surface area contributed by atoms with Crippen LogP contribution in [-0.4, -0.2) is 31.6 Å². The third-order valence-corrected chi connectivity index (χ3v) is 3.90. The molecule has 0 aliphatic heterocycles. The second-order valence-corrected chi connectivity index (χ2v) is 5.77. The second kappa shape index (κ2) is 5.36. The van der Waals surface area contributed by atoms with E-state index in [-0.39, 0.29) is 11.7 Å². The van der Waals surface area contributed by atoms with Gasteiger partial charge in [0.1, 0.15) is 5.82 Å². The molecule has 0 aliphatic carbocycles. The van der Waals surface area contributed by atoms with E-state index in [0.717, 1.165) is 5.69 Å². The number of aromatic nitrogens is 4. The summed E-state index contributed by atoms with van der Waals surface area (Å²) >= 11 is 2.57. The zero-order chi connectivity index (χ0) is 13.1. The fourth-order valence-corrected chi connectivity index (χ4v) is 2.75. The maximum atomic E-state index is 11.7. The van der Waals surface area contributed by atoms with Crippen molar-refractivity contribution >= 4 is 40.0 Å². The molecule has 18 heavy (non-hydrogen) atoms. The van der Waals surface area contributed by atoms with Crippen LogP contribution in [0.5, 0.6) is 0 Å². The number of hydrogen-bond acceptors (Lipinski definition) is 7. The first-order valence-electron chi connectivity index (χ1n) is 5.07. The summed E-state index contributed by atoms with van der Waals surface area (Å²) in [4.78, 5) is 11.7. The summed E-state index contributed by atoms with van der Waals surface area (Å²) in [5.41, 5.74) is 6.31. The summed E-state index contributed by atoms with van der Waals surface area (Å²) in [6.45, 7) is 1.87. The molecule has 0 aliphatic rings. The third-order valence-electron chi connectivity index (χ3n) is 2.02. The van der Waals surface area contributed by atoms with Gasteiger partial charge in [0.25, 0.3) is 0 Å². The highest BCUT2D eigenvalue weighted by atomic mass is 32.2. The topological polar surface area (TPSA) is 98.7 Å². The SMILES string of the molecule is Cc1cc(NC(=O)CSc2nnc(N)s2)n(C)n1. The largest absolute Gasteiger partial charge is 0.374 e. The zero-order valence-corrected chi connectivity index (χ0v) is 11.5. The molecular weight excluding hydrogens is 272 g/mol. The molecular formula is C9H12N6OS2. The molecule has 9 heteroatoms. The van der Waals surface area contributed by atoms with Crippen LogP contribution in [0.15, 0.2) is 10.4 Å². The molecule has 0 saturated carbocycles. The van der Waals surface area contributed by atoms with Gasteiger partial charge in [0.05, 0.1) is 11.4 Å². The molecule has 0 bridgehead atoms. The Morgan fingerprint density at radius 1 is 1.61 bits per heavy atom. The van der Waals surface area contributed by atoms with Crippen molar-refractivity contribution < 1.29 is 4.79 Å². The van der Waals surface area contributed by atoms with Crippen molar-refractivity contribution in [2.24, 2.45) is 7.05 Å². The van der Waals surface area contributed by atoms with Crippen LogP contribution in [-0.2, 0) is 11.8 Å². The number of aryl methyl sites for hydroxylation is 2. The minimum atomic E-state index is -0.114. The number of nitrogens with two attached hydrogens (primary N) is 1. The summed E-state index contributed by atoms with van der Waals surface area (Å²) in [6, 6.07) is 1.81. The highest BCUT2D eigenvalue weighted by Gasteiger charge is 2.09. The molecule has 0 unspecified atom stereocenters. The second-order valence-electron chi connectivity index (χ2n) is 3.54. The van der Waals surface area contributed by atoms with E-state index >= 15 is 0 Å². The highest BCUT2D eigenvalue weighted by Crippen LogP contribution is 2.23.